The van der Waals surface area contributed by atoms with E-state index in [2.05, 4.69) is 5.32 Å². The molecule has 0 aliphatic heterocycles. The number of carbonyl (C=O) groups excluding carboxylic acids is 1. The Labute approximate surface area is 199 Å². The van der Waals surface area contributed by atoms with E-state index in [4.69, 9.17) is 14.5 Å². The Hall–Kier alpha value is -3.30. The molecule has 0 radical (unpaired) electrons. The van der Waals surface area contributed by atoms with Crippen LogP contribution in [-0.4, -0.2) is 35.4 Å². The quantitative estimate of drug-likeness (QED) is 0.304. The number of thioether (sulfide) groups is 1. The van der Waals surface area contributed by atoms with Gasteiger partial charge in [-0.1, -0.05) is 41.6 Å². The van der Waals surface area contributed by atoms with E-state index < -0.39 is 0 Å². The van der Waals surface area contributed by atoms with Crippen LogP contribution in [0.15, 0.2) is 57.8 Å². The second-order valence-electron chi connectivity index (χ2n) is 7.35. The molecule has 4 rings (SSSR count). The van der Waals surface area contributed by atoms with Crippen LogP contribution < -0.4 is 20.3 Å². The van der Waals surface area contributed by atoms with Crippen LogP contribution in [0, 0.1) is 6.92 Å². The van der Waals surface area contributed by atoms with E-state index in [1.807, 2.05) is 36.6 Å². The number of benzene rings is 2. The second kappa shape index (κ2) is 9.68. The van der Waals surface area contributed by atoms with Gasteiger partial charge in [-0.3, -0.25) is 14.2 Å². The van der Waals surface area contributed by atoms with E-state index in [1.54, 1.807) is 32.4 Å². The van der Waals surface area contributed by atoms with Gasteiger partial charge in [0, 0.05) is 24.1 Å². The van der Waals surface area contributed by atoms with Crippen molar-refractivity contribution in [1.82, 2.24) is 9.55 Å². The lowest BCUT2D eigenvalue weighted by Gasteiger charge is -2.12. The summed E-state index contributed by atoms with van der Waals surface area (Å²) in [4.78, 5) is 30.3. The number of methoxy groups -OCH3 is 2. The third kappa shape index (κ3) is 4.74. The standard InChI is InChI=1S/C24H23N3O4S2/c1-14-5-7-15(8-6-14)17-12-32-22-21(17)26-24(27(2)23(22)29)33-13-20(28)25-18-10-9-16(30-3)11-19(18)31-4/h5-12H,13H2,1-4H3,(H,25,28). The molecular weight excluding hydrogens is 458 g/mol. The first kappa shape index (κ1) is 22.9. The van der Waals surface area contributed by atoms with Crippen molar-refractivity contribution in [3.63, 3.8) is 0 Å². The maximum absolute atomic E-state index is 12.9. The molecule has 2 aromatic carbocycles. The van der Waals surface area contributed by atoms with E-state index in [-0.39, 0.29) is 17.2 Å². The molecule has 0 aliphatic carbocycles. The van der Waals surface area contributed by atoms with Crippen molar-refractivity contribution in [3.05, 3.63) is 63.8 Å². The number of hydrogen-bond acceptors (Lipinski definition) is 7. The number of amides is 1. The molecule has 1 amide bonds. The van der Waals surface area contributed by atoms with Gasteiger partial charge in [-0.15, -0.1) is 11.3 Å². The lowest BCUT2D eigenvalue weighted by molar-refractivity contribution is -0.113. The monoisotopic (exact) mass is 481 g/mol. The fraction of sp³-hybridized carbons (Fsp3) is 0.208. The van der Waals surface area contributed by atoms with E-state index in [0.29, 0.717) is 32.6 Å². The number of thiophene rings is 1. The van der Waals surface area contributed by atoms with Crippen molar-refractivity contribution in [3.8, 4) is 22.6 Å². The minimum atomic E-state index is -0.234. The van der Waals surface area contributed by atoms with Crippen molar-refractivity contribution >= 4 is 44.9 Å². The molecule has 1 N–H and O–H groups in total. The van der Waals surface area contributed by atoms with Gasteiger partial charge in [0.2, 0.25) is 5.91 Å². The summed E-state index contributed by atoms with van der Waals surface area (Å²) in [6, 6.07) is 13.3. The zero-order valence-corrected chi connectivity index (χ0v) is 20.3. The van der Waals surface area contributed by atoms with Crippen molar-refractivity contribution in [1.29, 1.82) is 0 Å². The molecule has 2 heterocycles. The third-order valence-corrected chi connectivity index (χ3v) is 7.12. The number of ether oxygens (including phenoxy) is 2. The van der Waals surface area contributed by atoms with Crippen molar-refractivity contribution in [2.24, 2.45) is 7.05 Å². The Morgan fingerprint density at radius 1 is 1.15 bits per heavy atom. The smallest absolute Gasteiger partial charge is 0.271 e. The lowest BCUT2D eigenvalue weighted by Crippen LogP contribution is -2.21. The number of nitrogens with zero attached hydrogens (tertiary/aromatic N) is 2. The van der Waals surface area contributed by atoms with Gasteiger partial charge in [-0.25, -0.2) is 4.98 Å². The molecule has 0 unspecified atom stereocenters. The average Bonchev–Trinajstić information content (AvgIpc) is 3.25. The Balaban J connectivity index is 1.57. The normalized spacial score (nSPS) is 10.9. The van der Waals surface area contributed by atoms with Crippen molar-refractivity contribution < 1.29 is 14.3 Å². The summed E-state index contributed by atoms with van der Waals surface area (Å²) < 4.78 is 12.6. The number of nitrogens with one attached hydrogen (secondary N) is 1. The predicted molar refractivity (Wildman–Crippen MR) is 134 cm³/mol. The molecule has 0 fully saturated rings. The summed E-state index contributed by atoms with van der Waals surface area (Å²) in [6.07, 6.45) is 0. The molecule has 0 spiro atoms. The van der Waals surface area contributed by atoms with E-state index in [1.165, 1.54) is 34.8 Å². The van der Waals surface area contributed by atoms with Gasteiger partial charge < -0.3 is 14.8 Å². The van der Waals surface area contributed by atoms with Crippen LogP contribution in [0.4, 0.5) is 5.69 Å². The Morgan fingerprint density at radius 3 is 2.61 bits per heavy atom. The SMILES string of the molecule is COc1ccc(NC(=O)CSc2nc3c(-c4ccc(C)cc4)csc3c(=O)n2C)c(OC)c1. The maximum atomic E-state index is 12.9. The highest BCUT2D eigenvalue weighted by atomic mass is 32.2. The molecule has 0 atom stereocenters. The van der Waals surface area contributed by atoms with Gasteiger partial charge in [-0.05, 0) is 24.6 Å². The molecule has 7 nitrogen and oxygen atoms in total. The largest absolute Gasteiger partial charge is 0.497 e. The van der Waals surface area contributed by atoms with E-state index in [0.717, 1.165) is 16.7 Å². The summed E-state index contributed by atoms with van der Waals surface area (Å²) in [5.41, 5.74) is 4.17. The van der Waals surface area contributed by atoms with Crippen LogP contribution in [0.3, 0.4) is 0 Å². The number of aryl methyl sites for hydroxylation is 1. The zero-order valence-electron chi connectivity index (χ0n) is 18.7. The van der Waals surface area contributed by atoms with Gasteiger partial charge in [0.25, 0.3) is 5.56 Å². The molecule has 2 aromatic heterocycles. The highest BCUT2D eigenvalue weighted by molar-refractivity contribution is 7.99. The number of rotatable bonds is 7. The van der Waals surface area contributed by atoms with Crippen LogP contribution >= 0.6 is 23.1 Å². The number of aromatic nitrogens is 2. The van der Waals surface area contributed by atoms with Crippen molar-refractivity contribution in [2.75, 3.05) is 25.3 Å². The Morgan fingerprint density at radius 2 is 1.91 bits per heavy atom. The second-order valence-corrected chi connectivity index (χ2v) is 9.18. The topological polar surface area (TPSA) is 82.5 Å². The summed E-state index contributed by atoms with van der Waals surface area (Å²) in [5.74, 6) is 0.986. The summed E-state index contributed by atoms with van der Waals surface area (Å²) in [5, 5.41) is 5.28. The van der Waals surface area contributed by atoms with Crippen LogP contribution in [0.2, 0.25) is 0 Å². The van der Waals surface area contributed by atoms with E-state index >= 15 is 0 Å². The van der Waals surface area contributed by atoms with Crippen LogP contribution in [0.25, 0.3) is 21.3 Å². The lowest BCUT2D eigenvalue weighted by atomic mass is 10.1. The van der Waals surface area contributed by atoms with Gasteiger partial charge >= 0.3 is 0 Å². The minimum absolute atomic E-state index is 0.0883. The van der Waals surface area contributed by atoms with Crippen LogP contribution in [-0.2, 0) is 11.8 Å². The van der Waals surface area contributed by atoms with Crippen LogP contribution in [0.1, 0.15) is 5.56 Å². The molecule has 0 saturated heterocycles. The van der Waals surface area contributed by atoms with Gasteiger partial charge in [0.1, 0.15) is 16.2 Å². The summed E-state index contributed by atoms with van der Waals surface area (Å²) in [6.45, 7) is 2.03. The zero-order chi connectivity index (χ0) is 23.5. The highest BCUT2D eigenvalue weighted by Gasteiger charge is 2.17. The molecule has 170 valence electrons. The molecule has 33 heavy (non-hydrogen) atoms. The van der Waals surface area contributed by atoms with Crippen LogP contribution in [0.5, 0.6) is 11.5 Å². The first-order valence-electron chi connectivity index (χ1n) is 10.1. The fourth-order valence-electron chi connectivity index (χ4n) is 3.31. The molecule has 9 heteroatoms. The van der Waals surface area contributed by atoms with Gasteiger partial charge in [0.15, 0.2) is 5.16 Å². The first-order valence-corrected chi connectivity index (χ1v) is 12.0. The molecule has 0 aliphatic rings. The van der Waals surface area contributed by atoms with Crippen molar-refractivity contribution in [2.45, 2.75) is 12.1 Å². The number of hydrogen-bond donors (Lipinski definition) is 1. The Kier molecular flexibility index (Phi) is 6.71. The number of anilines is 1. The predicted octanol–water partition coefficient (Wildman–Crippen LogP) is 4.72. The molecule has 0 bridgehead atoms. The van der Waals surface area contributed by atoms with E-state index in [9.17, 15) is 9.59 Å². The maximum Gasteiger partial charge on any atom is 0.271 e. The summed E-state index contributed by atoms with van der Waals surface area (Å²) in [7, 11) is 4.77. The minimum Gasteiger partial charge on any atom is -0.497 e. The fourth-order valence-corrected chi connectivity index (χ4v) is 5.06. The average molecular weight is 482 g/mol. The third-order valence-electron chi connectivity index (χ3n) is 5.14. The number of fused-ring (bicyclic) bond motifs is 1. The Bertz CT molecular complexity index is 1380. The first-order chi connectivity index (χ1) is 15.9. The van der Waals surface area contributed by atoms with Gasteiger partial charge in [-0.2, -0.15) is 0 Å². The molecular formula is C24H23N3O4S2. The highest BCUT2D eigenvalue weighted by Crippen LogP contribution is 2.33. The van der Waals surface area contributed by atoms with Gasteiger partial charge in [0.05, 0.1) is 31.2 Å². The molecule has 0 saturated carbocycles. The molecule has 4 aromatic rings. The summed E-state index contributed by atoms with van der Waals surface area (Å²) >= 11 is 2.60. The number of carbonyl (C=O) groups is 1.